The summed E-state index contributed by atoms with van der Waals surface area (Å²) < 4.78 is 25.3. The molecule has 0 aliphatic heterocycles. The van der Waals surface area contributed by atoms with Gasteiger partial charge in [-0.3, -0.25) is 4.99 Å². The number of benzene rings is 1. The molecule has 0 atom stereocenters. The van der Waals surface area contributed by atoms with Gasteiger partial charge in [0.2, 0.25) is 0 Å². The molecule has 0 heterocycles. The Morgan fingerprint density at radius 3 is 2.46 bits per heavy atom. The number of halogens is 2. The quantitative estimate of drug-likeness (QED) is 0.502. The lowest BCUT2D eigenvalue weighted by molar-refractivity contribution is 0.508. The van der Waals surface area contributed by atoms with Crippen molar-refractivity contribution >= 4 is 16.8 Å². The van der Waals surface area contributed by atoms with Gasteiger partial charge in [-0.05, 0) is 24.5 Å². The van der Waals surface area contributed by atoms with Crippen molar-refractivity contribution in [2.24, 2.45) is 4.99 Å². The molecule has 13 heavy (non-hydrogen) atoms. The first-order valence-corrected chi connectivity index (χ1v) is 4.87. The fourth-order valence-electron chi connectivity index (χ4n) is 0.967. The second-order valence-corrected chi connectivity index (χ2v) is 3.16. The van der Waals surface area contributed by atoms with Gasteiger partial charge in [0.25, 0.3) is 0 Å². The maximum atomic E-state index is 12.8. The van der Waals surface area contributed by atoms with Crippen LogP contribution in [0.1, 0.15) is 5.56 Å². The molecule has 1 rings (SSSR count). The van der Waals surface area contributed by atoms with Crippen molar-refractivity contribution in [3.63, 3.8) is 0 Å². The number of nitrogens with zero attached hydrogens (tertiary/aromatic N) is 1. The molecule has 0 bridgehead atoms. The van der Waals surface area contributed by atoms with Crippen LogP contribution >= 0.6 is 11.8 Å². The van der Waals surface area contributed by atoms with E-state index in [-0.39, 0.29) is 0 Å². The van der Waals surface area contributed by atoms with Gasteiger partial charge >= 0.3 is 0 Å². The van der Waals surface area contributed by atoms with Gasteiger partial charge in [0.15, 0.2) is 11.6 Å². The van der Waals surface area contributed by atoms with Crippen LogP contribution in [-0.4, -0.2) is 18.3 Å². The Balaban J connectivity index is 3.10. The normalized spacial score (nSPS) is 11.8. The van der Waals surface area contributed by atoms with Crippen LogP contribution in [0.3, 0.4) is 0 Å². The lowest BCUT2D eigenvalue weighted by Crippen LogP contribution is -1.96. The molecule has 0 amide bonds. The molecule has 0 fully saturated rings. The van der Waals surface area contributed by atoms with E-state index in [9.17, 15) is 8.78 Å². The highest BCUT2D eigenvalue weighted by atomic mass is 32.2. The minimum atomic E-state index is -0.840. The van der Waals surface area contributed by atoms with E-state index in [4.69, 9.17) is 0 Å². The van der Waals surface area contributed by atoms with E-state index >= 15 is 0 Å². The van der Waals surface area contributed by atoms with Crippen LogP contribution in [0.5, 0.6) is 0 Å². The Morgan fingerprint density at radius 1 is 1.31 bits per heavy atom. The van der Waals surface area contributed by atoms with E-state index < -0.39 is 11.6 Å². The predicted molar refractivity (Wildman–Crippen MR) is 52.3 cm³/mol. The maximum Gasteiger partial charge on any atom is 0.159 e. The lowest BCUT2D eigenvalue weighted by atomic mass is 10.2. The topological polar surface area (TPSA) is 12.4 Å². The number of hydrogen-bond acceptors (Lipinski definition) is 2. The van der Waals surface area contributed by atoms with E-state index in [1.807, 2.05) is 6.26 Å². The zero-order valence-corrected chi connectivity index (χ0v) is 8.16. The Morgan fingerprint density at radius 2 is 2.00 bits per heavy atom. The number of hydrogen-bond donors (Lipinski definition) is 0. The summed E-state index contributed by atoms with van der Waals surface area (Å²) in [6.45, 7) is 0. The van der Waals surface area contributed by atoms with Crippen molar-refractivity contribution in [3.8, 4) is 0 Å². The summed E-state index contributed by atoms with van der Waals surface area (Å²) in [7, 11) is 1.62. The van der Waals surface area contributed by atoms with Gasteiger partial charge in [0.1, 0.15) is 0 Å². The Bertz CT molecular complexity index is 336. The van der Waals surface area contributed by atoms with Gasteiger partial charge in [-0.15, -0.1) is 11.8 Å². The minimum Gasteiger partial charge on any atom is -0.281 e. The van der Waals surface area contributed by atoms with E-state index in [1.54, 1.807) is 7.05 Å². The van der Waals surface area contributed by atoms with Crippen LogP contribution in [0.2, 0.25) is 0 Å². The average molecular weight is 201 g/mol. The monoisotopic (exact) mass is 201 g/mol. The standard InChI is InChI=1S/C9H9F2NS/c1-12-9(13-2)6-3-4-7(10)8(11)5-6/h3-5H,1-2H3. The molecule has 0 saturated heterocycles. The summed E-state index contributed by atoms with van der Waals surface area (Å²) in [4.78, 5) is 3.94. The molecule has 1 nitrogen and oxygen atoms in total. The second-order valence-electron chi connectivity index (χ2n) is 2.36. The zero-order chi connectivity index (χ0) is 9.84. The predicted octanol–water partition coefficient (Wildman–Crippen LogP) is 2.70. The molecule has 4 heteroatoms. The van der Waals surface area contributed by atoms with Crippen molar-refractivity contribution in [2.45, 2.75) is 0 Å². The van der Waals surface area contributed by atoms with Crippen LogP contribution in [0, 0.1) is 11.6 Å². The molecule has 0 radical (unpaired) electrons. The first kappa shape index (κ1) is 10.2. The molecule has 0 saturated carbocycles. The largest absolute Gasteiger partial charge is 0.281 e. The highest BCUT2D eigenvalue weighted by Crippen LogP contribution is 2.14. The van der Waals surface area contributed by atoms with Gasteiger partial charge in [-0.2, -0.15) is 0 Å². The van der Waals surface area contributed by atoms with E-state index in [0.717, 1.165) is 12.1 Å². The van der Waals surface area contributed by atoms with Crippen molar-refractivity contribution in [3.05, 3.63) is 35.4 Å². The molecule has 1 aromatic rings. The van der Waals surface area contributed by atoms with Gasteiger partial charge in [0, 0.05) is 12.6 Å². The third-order valence-electron chi connectivity index (χ3n) is 1.56. The molecule has 0 aliphatic carbocycles. The second kappa shape index (κ2) is 4.37. The molecular weight excluding hydrogens is 192 g/mol. The first-order valence-electron chi connectivity index (χ1n) is 3.65. The molecule has 0 spiro atoms. The summed E-state index contributed by atoms with van der Waals surface area (Å²) >= 11 is 1.40. The molecule has 0 aliphatic rings. The molecule has 70 valence electrons. The lowest BCUT2D eigenvalue weighted by Gasteiger charge is -2.02. The Kier molecular flexibility index (Phi) is 3.42. The summed E-state index contributed by atoms with van der Waals surface area (Å²) in [6, 6.07) is 3.76. The number of rotatable bonds is 1. The van der Waals surface area contributed by atoms with Crippen LogP contribution in [0.25, 0.3) is 0 Å². The van der Waals surface area contributed by atoms with E-state index in [0.29, 0.717) is 10.6 Å². The Hall–Kier alpha value is -0.900. The molecule has 0 unspecified atom stereocenters. The van der Waals surface area contributed by atoms with Gasteiger partial charge < -0.3 is 0 Å². The summed E-state index contributed by atoms with van der Waals surface area (Å²) in [5.41, 5.74) is 0.605. The fraction of sp³-hybridized carbons (Fsp3) is 0.222. The van der Waals surface area contributed by atoms with Crippen molar-refractivity contribution in [2.75, 3.05) is 13.3 Å². The molecule has 1 aromatic carbocycles. The van der Waals surface area contributed by atoms with Gasteiger partial charge in [-0.25, -0.2) is 8.78 Å². The van der Waals surface area contributed by atoms with Crippen LogP contribution < -0.4 is 0 Å². The van der Waals surface area contributed by atoms with E-state index in [1.165, 1.54) is 17.8 Å². The smallest absolute Gasteiger partial charge is 0.159 e. The SMILES string of the molecule is CN=C(SC)c1ccc(F)c(F)c1. The van der Waals surface area contributed by atoms with Crippen LogP contribution in [-0.2, 0) is 0 Å². The van der Waals surface area contributed by atoms with Gasteiger partial charge in [0.05, 0.1) is 5.04 Å². The van der Waals surface area contributed by atoms with Crippen molar-refractivity contribution in [1.82, 2.24) is 0 Å². The van der Waals surface area contributed by atoms with Crippen LogP contribution in [0.15, 0.2) is 23.2 Å². The fourth-order valence-corrected chi connectivity index (χ4v) is 1.51. The summed E-state index contributed by atoms with van der Waals surface area (Å²) in [5, 5.41) is 0.693. The third kappa shape index (κ3) is 2.28. The van der Waals surface area contributed by atoms with Crippen molar-refractivity contribution in [1.29, 1.82) is 0 Å². The Labute approximate surface area is 79.9 Å². The van der Waals surface area contributed by atoms with Crippen LogP contribution in [0.4, 0.5) is 8.78 Å². The minimum absolute atomic E-state index is 0.605. The molecule has 0 aromatic heterocycles. The zero-order valence-electron chi connectivity index (χ0n) is 7.34. The van der Waals surface area contributed by atoms with Crippen molar-refractivity contribution < 1.29 is 8.78 Å². The molecule has 0 N–H and O–H groups in total. The molecular formula is C9H9F2NS. The number of thioether (sulfide) groups is 1. The summed E-state index contributed by atoms with van der Waals surface area (Å²) in [5.74, 6) is -1.67. The number of aliphatic imine (C=N–C) groups is 1. The average Bonchev–Trinajstić information content (AvgIpc) is 2.13. The third-order valence-corrected chi connectivity index (χ3v) is 2.37. The first-order chi connectivity index (χ1) is 6.19. The summed E-state index contributed by atoms with van der Waals surface area (Å²) in [6.07, 6.45) is 1.84. The highest BCUT2D eigenvalue weighted by molar-refractivity contribution is 8.13. The highest BCUT2D eigenvalue weighted by Gasteiger charge is 2.05. The van der Waals surface area contributed by atoms with Gasteiger partial charge in [-0.1, -0.05) is 0 Å². The maximum absolute atomic E-state index is 12.8. The van der Waals surface area contributed by atoms with E-state index in [2.05, 4.69) is 4.99 Å².